The van der Waals surface area contributed by atoms with Gasteiger partial charge in [-0.3, -0.25) is 9.48 Å². The maximum Gasteiger partial charge on any atom is 0.246 e. The first kappa shape index (κ1) is 16.9. The fourth-order valence-electron chi connectivity index (χ4n) is 3.42. The second-order valence-corrected chi connectivity index (χ2v) is 6.67. The van der Waals surface area contributed by atoms with Crippen LogP contribution in [0, 0.1) is 11.7 Å². The highest BCUT2D eigenvalue weighted by Crippen LogP contribution is 2.24. The van der Waals surface area contributed by atoms with Gasteiger partial charge in [-0.2, -0.15) is 5.10 Å². The second kappa shape index (κ2) is 7.36. The van der Waals surface area contributed by atoms with Crippen LogP contribution in [-0.2, 0) is 16.1 Å². The first-order valence-corrected chi connectivity index (χ1v) is 8.81. The van der Waals surface area contributed by atoms with Crippen LogP contribution in [0.4, 0.5) is 10.3 Å². The van der Waals surface area contributed by atoms with Gasteiger partial charge in [0, 0.05) is 26.0 Å². The predicted octanol–water partition coefficient (Wildman–Crippen LogP) is 0.916. The minimum absolute atomic E-state index is 0.0757. The molecule has 2 aliphatic rings. The molecule has 0 bridgehead atoms. The van der Waals surface area contributed by atoms with E-state index >= 15 is 0 Å². The summed E-state index contributed by atoms with van der Waals surface area (Å²) >= 11 is 0. The minimum atomic E-state index is -0.485. The topological polar surface area (TPSA) is 85.2 Å². The molecule has 1 saturated heterocycles. The Kier molecular flexibility index (Phi) is 4.79. The summed E-state index contributed by atoms with van der Waals surface area (Å²) in [6.45, 7) is 3.06. The molecule has 8 nitrogen and oxygen atoms in total. The number of nitrogens with one attached hydrogen (secondary N) is 1. The highest BCUT2D eigenvalue weighted by molar-refractivity contribution is 5.81. The van der Waals surface area contributed by atoms with Crippen molar-refractivity contribution in [2.24, 2.45) is 5.92 Å². The van der Waals surface area contributed by atoms with Crippen LogP contribution in [0.5, 0.6) is 0 Å². The average Bonchev–Trinajstić information content (AvgIpc) is 3.15. The lowest BCUT2D eigenvalue weighted by atomic mass is 10.0. The summed E-state index contributed by atoms with van der Waals surface area (Å²) in [6.07, 6.45) is 5.88. The number of anilines is 1. The Bertz CT molecular complexity index is 759. The quantitative estimate of drug-likeness (QED) is 0.873. The number of fused-ring (bicyclic) bond motifs is 1. The molecule has 2 aromatic rings. The van der Waals surface area contributed by atoms with E-state index in [9.17, 15) is 9.18 Å². The molecule has 1 amide bonds. The van der Waals surface area contributed by atoms with Crippen molar-refractivity contribution in [3.05, 3.63) is 36.2 Å². The first-order valence-electron chi connectivity index (χ1n) is 8.81. The van der Waals surface area contributed by atoms with Gasteiger partial charge < -0.3 is 15.0 Å². The normalized spacial score (nSPS) is 20.7. The molecule has 4 heterocycles. The van der Waals surface area contributed by atoms with Crippen molar-refractivity contribution in [2.75, 3.05) is 31.2 Å². The zero-order valence-corrected chi connectivity index (χ0v) is 14.3. The Morgan fingerprint density at radius 1 is 1.31 bits per heavy atom. The van der Waals surface area contributed by atoms with Gasteiger partial charge in [0.1, 0.15) is 6.04 Å². The van der Waals surface area contributed by atoms with E-state index in [0.29, 0.717) is 31.5 Å². The number of carbonyl (C=O) groups excluding carboxylic acids is 1. The van der Waals surface area contributed by atoms with E-state index in [0.717, 1.165) is 44.1 Å². The number of carbonyl (C=O) groups is 1. The van der Waals surface area contributed by atoms with Gasteiger partial charge in [-0.05, 0) is 24.8 Å². The Morgan fingerprint density at radius 2 is 2.08 bits per heavy atom. The van der Waals surface area contributed by atoms with E-state index in [-0.39, 0.29) is 5.91 Å². The highest BCUT2D eigenvalue weighted by Gasteiger charge is 2.32. The molecular formula is C17H21FN6O2. The van der Waals surface area contributed by atoms with Gasteiger partial charge in [-0.1, -0.05) is 0 Å². The first-order chi connectivity index (χ1) is 12.7. The Balaban J connectivity index is 1.47. The summed E-state index contributed by atoms with van der Waals surface area (Å²) in [6, 6.07) is 1.40. The predicted molar refractivity (Wildman–Crippen MR) is 90.9 cm³/mol. The van der Waals surface area contributed by atoms with Gasteiger partial charge >= 0.3 is 0 Å². The smallest absolute Gasteiger partial charge is 0.246 e. The third-order valence-electron chi connectivity index (χ3n) is 4.89. The monoisotopic (exact) mass is 360 g/mol. The lowest BCUT2D eigenvalue weighted by Gasteiger charge is -2.33. The zero-order chi connectivity index (χ0) is 17.9. The summed E-state index contributed by atoms with van der Waals surface area (Å²) in [5, 5.41) is 7.36. The zero-order valence-electron chi connectivity index (χ0n) is 14.3. The van der Waals surface area contributed by atoms with E-state index in [1.165, 1.54) is 0 Å². The number of hydrogen-bond acceptors (Lipinski definition) is 6. The summed E-state index contributed by atoms with van der Waals surface area (Å²) in [5.74, 6) is 0.292. The van der Waals surface area contributed by atoms with Gasteiger partial charge in [-0.15, -0.1) is 0 Å². The Labute approximate surface area is 150 Å². The minimum Gasteiger partial charge on any atom is -0.381 e. The van der Waals surface area contributed by atoms with Crippen LogP contribution < -0.4 is 10.2 Å². The van der Waals surface area contributed by atoms with Crippen LogP contribution in [-0.4, -0.2) is 52.0 Å². The Hall–Kier alpha value is -2.55. The number of aromatic nitrogens is 4. The molecule has 1 atom stereocenters. The van der Waals surface area contributed by atoms with E-state index < -0.39 is 11.9 Å². The molecule has 4 rings (SSSR count). The van der Waals surface area contributed by atoms with E-state index in [4.69, 9.17) is 4.74 Å². The van der Waals surface area contributed by atoms with E-state index in [1.807, 2.05) is 11.0 Å². The number of hydrogen-bond donors (Lipinski definition) is 1. The number of nitrogens with zero attached hydrogens (tertiary/aromatic N) is 5. The molecule has 0 radical (unpaired) electrons. The number of rotatable bonds is 4. The molecule has 1 N–H and O–H groups in total. The van der Waals surface area contributed by atoms with E-state index in [2.05, 4.69) is 20.4 Å². The number of halogens is 1. The standard InChI is InChI=1S/C17H21FN6O2/c18-13-8-20-17(21-9-13)23-10-14-1-4-22-24(14)15(11-23)16(25)19-7-12-2-5-26-6-3-12/h1,4,8-9,12,15H,2-3,5-7,10-11H2,(H,19,25). The lowest BCUT2D eigenvalue weighted by Crippen LogP contribution is -2.46. The van der Waals surface area contributed by atoms with Crippen molar-refractivity contribution in [1.82, 2.24) is 25.1 Å². The molecule has 0 saturated carbocycles. The van der Waals surface area contributed by atoms with Crippen LogP contribution in [0.25, 0.3) is 0 Å². The molecule has 138 valence electrons. The SMILES string of the molecule is O=C(NCC1CCOCC1)C1CN(c2ncc(F)cn2)Cc2ccnn21. The summed E-state index contributed by atoms with van der Waals surface area (Å²) in [5.41, 5.74) is 0.899. The largest absolute Gasteiger partial charge is 0.381 e. The molecule has 0 aromatic carbocycles. The van der Waals surface area contributed by atoms with Crippen molar-refractivity contribution >= 4 is 11.9 Å². The van der Waals surface area contributed by atoms with Crippen LogP contribution in [0.15, 0.2) is 24.7 Å². The molecule has 9 heteroatoms. The molecule has 26 heavy (non-hydrogen) atoms. The average molecular weight is 360 g/mol. The van der Waals surface area contributed by atoms with Crippen molar-refractivity contribution in [3.63, 3.8) is 0 Å². The summed E-state index contributed by atoms with van der Waals surface area (Å²) in [7, 11) is 0. The third kappa shape index (κ3) is 3.52. The number of amides is 1. The Morgan fingerprint density at radius 3 is 2.85 bits per heavy atom. The fourth-order valence-corrected chi connectivity index (χ4v) is 3.42. The van der Waals surface area contributed by atoms with Gasteiger partial charge in [0.05, 0.1) is 31.2 Å². The van der Waals surface area contributed by atoms with Crippen LogP contribution >= 0.6 is 0 Å². The van der Waals surface area contributed by atoms with Gasteiger partial charge in [-0.25, -0.2) is 14.4 Å². The van der Waals surface area contributed by atoms with Crippen LogP contribution in [0.1, 0.15) is 24.6 Å². The van der Waals surface area contributed by atoms with Crippen molar-refractivity contribution in [1.29, 1.82) is 0 Å². The summed E-state index contributed by atoms with van der Waals surface area (Å²) in [4.78, 5) is 22.7. The molecule has 2 aromatic heterocycles. The second-order valence-electron chi connectivity index (χ2n) is 6.67. The summed E-state index contributed by atoms with van der Waals surface area (Å²) < 4.78 is 20.2. The van der Waals surface area contributed by atoms with Crippen molar-refractivity contribution in [3.8, 4) is 0 Å². The molecule has 1 unspecified atom stereocenters. The highest BCUT2D eigenvalue weighted by atomic mass is 19.1. The van der Waals surface area contributed by atoms with Crippen molar-refractivity contribution in [2.45, 2.75) is 25.4 Å². The molecule has 0 aliphatic carbocycles. The van der Waals surface area contributed by atoms with Gasteiger partial charge in [0.2, 0.25) is 11.9 Å². The fraction of sp³-hybridized carbons (Fsp3) is 0.529. The molecule has 1 fully saturated rings. The van der Waals surface area contributed by atoms with Gasteiger partial charge in [0.15, 0.2) is 5.82 Å². The van der Waals surface area contributed by atoms with Crippen LogP contribution in [0.2, 0.25) is 0 Å². The number of ether oxygens (including phenoxy) is 1. The lowest BCUT2D eigenvalue weighted by molar-refractivity contribution is -0.125. The van der Waals surface area contributed by atoms with Crippen LogP contribution in [0.3, 0.4) is 0 Å². The van der Waals surface area contributed by atoms with Crippen molar-refractivity contribution < 1.29 is 13.9 Å². The van der Waals surface area contributed by atoms with Gasteiger partial charge in [0.25, 0.3) is 0 Å². The molecule has 2 aliphatic heterocycles. The molecular weight excluding hydrogens is 339 g/mol. The molecule has 0 spiro atoms. The maximum atomic E-state index is 13.1. The third-order valence-corrected chi connectivity index (χ3v) is 4.89. The van der Waals surface area contributed by atoms with E-state index in [1.54, 1.807) is 10.9 Å². The maximum absolute atomic E-state index is 13.1.